The molecular formula is C15H13BrClNO2S. The highest BCUT2D eigenvalue weighted by molar-refractivity contribution is 9.10. The van der Waals surface area contributed by atoms with Gasteiger partial charge >= 0.3 is 0 Å². The van der Waals surface area contributed by atoms with Gasteiger partial charge in [0.1, 0.15) is 29.7 Å². The van der Waals surface area contributed by atoms with E-state index in [-0.39, 0.29) is 4.99 Å². The Kier molecular flexibility index (Phi) is 5.85. The normalized spacial score (nSPS) is 10.2. The van der Waals surface area contributed by atoms with Crippen LogP contribution in [0.4, 0.5) is 0 Å². The summed E-state index contributed by atoms with van der Waals surface area (Å²) in [6.45, 7) is 0.778. The summed E-state index contributed by atoms with van der Waals surface area (Å²) in [6, 6.07) is 13.0. The predicted octanol–water partition coefficient (Wildman–Crippen LogP) is 4.19. The Bertz CT molecular complexity index is 637. The Balaban J connectivity index is 1.98. The summed E-state index contributed by atoms with van der Waals surface area (Å²) in [4.78, 5) is 0.233. The molecule has 2 N–H and O–H groups in total. The molecule has 0 atom stereocenters. The van der Waals surface area contributed by atoms with Gasteiger partial charge in [0.25, 0.3) is 0 Å². The molecule has 2 aromatic rings. The maximum absolute atomic E-state index is 5.98. The monoisotopic (exact) mass is 385 g/mol. The molecule has 0 spiro atoms. The molecule has 0 radical (unpaired) electrons. The Labute approximate surface area is 142 Å². The van der Waals surface area contributed by atoms with E-state index in [1.54, 1.807) is 12.1 Å². The lowest BCUT2D eigenvalue weighted by atomic mass is 10.2. The molecule has 2 aromatic carbocycles. The maximum Gasteiger partial charge on any atom is 0.143 e. The van der Waals surface area contributed by atoms with Gasteiger partial charge in [0.2, 0.25) is 0 Å². The molecule has 21 heavy (non-hydrogen) atoms. The average Bonchev–Trinajstić information content (AvgIpc) is 2.45. The highest BCUT2D eigenvalue weighted by Crippen LogP contribution is 2.32. The molecule has 0 saturated carbocycles. The zero-order valence-electron chi connectivity index (χ0n) is 11.0. The van der Waals surface area contributed by atoms with E-state index in [0.29, 0.717) is 34.0 Å². The second-order valence-electron chi connectivity index (χ2n) is 4.14. The van der Waals surface area contributed by atoms with Gasteiger partial charge in [-0.2, -0.15) is 0 Å². The zero-order chi connectivity index (χ0) is 15.2. The quantitative estimate of drug-likeness (QED) is 0.597. The standard InChI is InChI=1S/C15H13BrClNO2S/c16-13-9-10(17)8-12(15(18)21)14(13)20-7-6-19-11-4-2-1-3-5-11/h1-5,8-9H,6-7H2,(H2,18,21). The van der Waals surface area contributed by atoms with E-state index in [1.807, 2.05) is 30.3 Å². The van der Waals surface area contributed by atoms with E-state index >= 15 is 0 Å². The third kappa shape index (κ3) is 4.59. The fourth-order valence-corrected chi connectivity index (χ4v) is 2.79. The number of hydrogen-bond acceptors (Lipinski definition) is 3. The molecule has 3 nitrogen and oxygen atoms in total. The van der Waals surface area contributed by atoms with Crippen molar-refractivity contribution >= 4 is 44.7 Å². The van der Waals surface area contributed by atoms with Gasteiger partial charge < -0.3 is 15.2 Å². The van der Waals surface area contributed by atoms with Gasteiger partial charge in [0.05, 0.1) is 10.0 Å². The Morgan fingerprint density at radius 3 is 2.48 bits per heavy atom. The average molecular weight is 387 g/mol. The van der Waals surface area contributed by atoms with Crippen LogP contribution in [0.5, 0.6) is 11.5 Å². The summed E-state index contributed by atoms with van der Waals surface area (Å²) < 4.78 is 12.0. The van der Waals surface area contributed by atoms with Crippen molar-refractivity contribution in [1.29, 1.82) is 0 Å². The van der Waals surface area contributed by atoms with Crippen LogP contribution >= 0.6 is 39.7 Å². The van der Waals surface area contributed by atoms with Crippen molar-refractivity contribution in [2.75, 3.05) is 13.2 Å². The summed E-state index contributed by atoms with van der Waals surface area (Å²) in [7, 11) is 0. The molecule has 0 fully saturated rings. The predicted molar refractivity (Wildman–Crippen MR) is 92.5 cm³/mol. The van der Waals surface area contributed by atoms with Crippen molar-refractivity contribution < 1.29 is 9.47 Å². The highest BCUT2D eigenvalue weighted by Gasteiger charge is 2.12. The third-order valence-electron chi connectivity index (χ3n) is 2.62. The van der Waals surface area contributed by atoms with Crippen molar-refractivity contribution in [2.24, 2.45) is 5.73 Å². The van der Waals surface area contributed by atoms with Crippen molar-refractivity contribution in [3.8, 4) is 11.5 Å². The van der Waals surface area contributed by atoms with E-state index in [0.717, 1.165) is 5.75 Å². The molecule has 0 saturated heterocycles. The molecule has 0 heterocycles. The van der Waals surface area contributed by atoms with E-state index in [1.165, 1.54) is 0 Å². The van der Waals surface area contributed by atoms with E-state index in [4.69, 9.17) is 39.0 Å². The lowest BCUT2D eigenvalue weighted by molar-refractivity contribution is 0.216. The number of benzene rings is 2. The molecule has 0 bridgehead atoms. The summed E-state index contributed by atoms with van der Waals surface area (Å²) in [6.07, 6.45) is 0. The van der Waals surface area contributed by atoms with E-state index in [2.05, 4.69) is 15.9 Å². The first-order valence-electron chi connectivity index (χ1n) is 6.17. The van der Waals surface area contributed by atoms with Gasteiger partial charge in [0, 0.05) is 5.02 Å². The Hall–Kier alpha value is -1.30. The van der Waals surface area contributed by atoms with Gasteiger partial charge in [-0.25, -0.2) is 0 Å². The van der Waals surface area contributed by atoms with Crippen LogP contribution in [0.2, 0.25) is 5.02 Å². The Morgan fingerprint density at radius 1 is 1.14 bits per heavy atom. The topological polar surface area (TPSA) is 44.5 Å². The van der Waals surface area contributed by atoms with Crippen LogP contribution in [0.1, 0.15) is 5.56 Å². The number of rotatable bonds is 6. The van der Waals surface area contributed by atoms with Gasteiger partial charge in [0.15, 0.2) is 0 Å². The SMILES string of the molecule is NC(=S)c1cc(Cl)cc(Br)c1OCCOc1ccccc1. The summed E-state index contributed by atoms with van der Waals surface area (Å²) in [5.74, 6) is 1.37. The largest absolute Gasteiger partial charge is 0.490 e. The van der Waals surface area contributed by atoms with Crippen LogP contribution in [0.25, 0.3) is 0 Å². The number of hydrogen-bond donors (Lipinski definition) is 1. The maximum atomic E-state index is 5.98. The van der Waals surface area contributed by atoms with Crippen LogP contribution < -0.4 is 15.2 Å². The first-order valence-corrected chi connectivity index (χ1v) is 7.75. The second kappa shape index (κ2) is 7.64. The molecule has 0 aliphatic carbocycles. The number of nitrogens with two attached hydrogens (primary N) is 1. The molecule has 0 aliphatic heterocycles. The second-order valence-corrected chi connectivity index (χ2v) is 5.87. The van der Waals surface area contributed by atoms with E-state index in [9.17, 15) is 0 Å². The lowest BCUT2D eigenvalue weighted by Crippen LogP contribution is -2.15. The number of thiocarbonyl (C=S) groups is 1. The van der Waals surface area contributed by atoms with Crippen LogP contribution in [-0.2, 0) is 0 Å². The minimum Gasteiger partial charge on any atom is -0.490 e. The van der Waals surface area contributed by atoms with Crippen LogP contribution in [0.15, 0.2) is 46.9 Å². The first kappa shape index (κ1) is 16.1. The van der Waals surface area contributed by atoms with Gasteiger partial charge in [-0.3, -0.25) is 0 Å². The van der Waals surface area contributed by atoms with Gasteiger partial charge in [-0.1, -0.05) is 42.0 Å². The van der Waals surface area contributed by atoms with Crippen LogP contribution in [0.3, 0.4) is 0 Å². The minimum atomic E-state index is 0.233. The van der Waals surface area contributed by atoms with Gasteiger partial charge in [-0.15, -0.1) is 0 Å². The fraction of sp³-hybridized carbons (Fsp3) is 0.133. The Morgan fingerprint density at radius 2 is 1.81 bits per heavy atom. The molecule has 2 rings (SSSR count). The van der Waals surface area contributed by atoms with Crippen molar-refractivity contribution in [1.82, 2.24) is 0 Å². The molecule has 0 aromatic heterocycles. The third-order valence-corrected chi connectivity index (χ3v) is 3.64. The van der Waals surface area contributed by atoms with E-state index < -0.39 is 0 Å². The smallest absolute Gasteiger partial charge is 0.143 e. The molecule has 110 valence electrons. The molecule has 0 amide bonds. The summed E-state index contributed by atoms with van der Waals surface area (Å²) >= 11 is 14.4. The van der Waals surface area contributed by atoms with Crippen LogP contribution in [0, 0.1) is 0 Å². The number of ether oxygens (including phenoxy) is 2. The van der Waals surface area contributed by atoms with Crippen molar-refractivity contribution in [2.45, 2.75) is 0 Å². The number of halogens is 2. The zero-order valence-corrected chi connectivity index (χ0v) is 14.2. The molecule has 6 heteroatoms. The highest BCUT2D eigenvalue weighted by atomic mass is 79.9. The first-order chi connectivity index (χ1) is 10.1. The molecule has 0 unspecified atom stereocenters. The van der Waals surface area contributed by atoms with Crippen LogP contribution in [-0.4, -0.2) is 18.2 Å². The summed E-state index contributed by atoms with van der Waals surface area (Å²) in [5, 5.41) is 0.539. The lowest BCUT2D eigenvalue weighted by Gasteiger charge is -2.13. The number of para-hydroxylation sites is 1. The molecular weight excluding hydrogens is 374 g/mol. The summed E-state index contributed by atoms with van der Waals surface area (Å²) in [5.41, 5.74) is 6.29. The van der Waals surface area contributed by atoms with Crippen molar-refractivity contribution in [3.63, 3.8) is 0 Å². The minimum absolute atomic E-state index is 0.233. The fourth-order valence-electron chi connectivity index (χ4n) is 1.71. The molecule has 0 aliphatic rings. The van der Waals surface area contributed by atoms with Gasteiger partial charge in [-0.05, 0) is 40.2 Å². The van der Waals surface area contributed by atoms with Crippen molar-refractivity contribution in [3.05, 3.63) is 57.5 Å².